The van der Waals surface area contributed by atoms with Gasteiger partial charge in [-0.15, -0.1) is 10.2 Å². The first-order chi connectivity index (χ1) is 16.4. The third-order valence-corrected chi connectivity index (χ3v) is 6.33. The molecule has 2 aliphatic rings. The molecule has 1 fully saturated rings. The molecule has 0 N–H and O–H groups in total. The van der Waals surface area contributed by atoms with Crippen molar-refractivity contribution in [3.8, 4) is 22.6 Å². The topological polar surface area (TPSA) is 112 Å². The highest BCUT2D eigenvalue weighted by atomic mass is 16.6. The Morgan fingerprint density at radius 2 is 2.09 bits per heavy atom. The number of amides is 1. The molecular formula is C24H26N6O4. The van der Waals surface area contributed by atoms with E-state index in [2.05, 4.69) is 26.5 Å². The molecule has 1 aromatic carbocycles. The minimum absolute atomic E-state index is 0.0719. The number of aromatic nitrogens is 5. The number of esters is 1. The minimum atomic E-state index is -0.485. The fourth-order valence-electron chi connectivity index (χ4n) is 4.54. The van der Waals surface area contributed by atoms with Crippen molar-refractivity contribution in [3.05, 3.63) is 42.1 Å². The van der Waals surface area contributed by atoms with Gasteiger partial charge in [0.15, 0.2) is 6.10 Å². The molecule has 176 valence electrons. The van der Waals surface area contributed by atoms with Gasteiger partial charge in [0.05, 0.1) is 24.7 Å². The number of carbonyl (C=O) groups excluding carboxylic acids is 2. The van der Waals surface area contributed by atoms with Gasteiger partial charge in [-0.2, -0.15) is 4.80 Å². The van der Waals surface area contributed by atoms with Crippen LogP contribution in [0.3, 0.4) is 0 Å². The van der Waals surface area contributed by atoms with Crippen LogP contribution in [0, 0.1) is 5.92 Å². The van der Waals surface area contributed by atoms with E-state index in [9.17, 15) is 9.59 Å². The highest BCUT2D eigenvalue weighted by Crippen LogP contribution is 2.40. The Bertz CT molecular complexity index is 1220. The van der Waals surface area contributed by atoms with Crippen molar-refractivity contribution in [1.29, 1.82) is 0 Å². The molecule has 5 rings (SSSR count). The van der Waals surface area contributed by atoms with Crippen molar-refractivity contribution < 1.29 is 19.1 Å². The summed E-state index contributed by atoms with van der Waals surface area (Å²) in [6.07, 6.45) is 3.22. The Kier molecular flexibility index (Phi) is 5.72. The predicted molar refractivity (Wildman–Crippen MR) is 123 cm³/mol. The maximum Gasteiger partial charge on any atom is 0.415 e. The van der Waals surface area contributed by atoms with Gasteiger partial charge in [-0.25, -0.2) is 4.79 Å². The number of rotatable bonds is 7. The van der Waals surface area contributed by atoms with Crippen LogP contribution < -0.4 is 4.90 Å². The van der Waals surface area contributed by atoms with Gasteiger partial charge in [0.1, 0.15) is 12.3 Å². The zero-order chi connectivity index (χ0) is 23.8. The largest absolute Gasteiger partial charge is 0.461 e. The maximum absolute atomic E-state index is 12.6. The number of anilines is 1. The molecule has 3 atom stereocenters. The summed E-state index contributed by atoms with van der Waals surface area (Å²) >= 11 is 0. The number of benzene rings is 1. The van der Waals surface area contributed by atoms with Crippen LogP contribution in [0.15, 0.2) is 36.5 Å². The van der Waals surface area contributed by atoms with Crippen LogP contribution in [0.5, 0.6) is 0 Å². The number of hydrogen-bond acceptors (Lipinski definition) is 8. The first kappa shape index (κ1) is 22.0. The third-order valence-electron chi connectivity index (χ3n) is 6.33. The van der Waals surface area contributed by atoms with Crippen molar-refractivity contribution in [2.45, 2.75) is 45.3 Å². The SMILES string of the molecule is CCCC(C)C(=O)OCC1OC(=O)N2c3ccc(-c4ccc(-c5nnn(C)n5)nc4)cc3CC12. The van der Waals surface area contributed by atoms with E-state index in [1.54, 1.807) is 18.1 Å². The number of nitrogens with zero attached hydrogens (tertiary/aromatic N) is 6. The summed E-state index contributed by atoms with van der Waals surface area (Å²) in [7, 11) is 1.71. The molecule has 0 spiro atoms. The molecule has 10 heteroatoms. The fraction of sp³-hybridized carbons (Fsp3) is 0.417. The molecule has 2 aromatic heterocycles. The lowest BCUT2D eigenvalue weighted by atomic mass is 10.0. The van der Waals surface area contributed by atoms with Gasteiger partial charge < -0.3 is 9.47 Å². The Morgan fingerprint density at radius 3 is 2.79 bits per heavy atom. The van der Waals surface area contributed by atoms with Crippen LogP contribution in [-0.2, 0) is 27.7 Å². The van der Waals surface area contributed by atoms with Crippen LogP contribution >= 0.6 is 0 Å². The molecule has 3 unspecified atom stereocenters. The molecular weight excluding hydrogens is 436 g/mol. The maximum atomic E-state index is 12.6. The second-order valence-electron chi connectivity index (χ2n) is 8.76. The average Bonchev–Trinajstić information content (AvgIpc) is 3.52. The summed E-state index contributed by atoms with van der Waals surface area (Å²) < 4.78 is 11.0. The average molecular weight is 463 g/mol. The summed E-state index contributed by atoms with van der Waals surface area (Å²) in [5.41, 5.74) is 4.47. The van der Waals surface area contributed by atoms with Gasteiger partial charge in [-0.05, 0) is 47.4 Å². The summed E-state index contributed by atoms with van der Waals surface area (Å²) in [5.74, 6) is 0.0611. The lowest BCUT2D eigenvalue weighted by Crippen LogP contribution is -2.36. The highest BCUT2D eigenvalue weighted by molar-refractivity contribution is 5.94. The molecule has 1 saturated heterocycles. The number of aryl methyl sites for hydroxylation is 1. The van der Waals surface area contributed by atoms with E-state index in [1.807, 2.05) is 38.1 Å². The third kappa shape index (κ3) is 4.00. The molecule has 0 bridgehead atoms. The van der Waals surface area contributed by atoms with Crippen molar-refractivity contribution >= 4 is 17.7 Å². The van der Waals surface area contributed by atoms with E-state index in [4.69, 9.17) is 9.47 Å². The van der Waals surface area contributed by atoms with Crippen LogP contribution in [0.1, 0.15) is 32.3 Å². The van der Waals surface area contributed by atoms with Gasteiger partial charge in [-0.1, -0.05) is 32.4 Å². The summed E-state index contributed by atoms with van der Waals surface area (Å²) in [4.78, 5) is 32.3. The van der Waals surface area contributed by atoms with E-state index < -0.39 is 12.2 Å². The second kappa shape index (κ2) is 8.85. The monoisotopic (exact) mass is 462 g/mol. The smallest absolute Gasteiger partial charge is 0.415 e. The Labute approximate surface area is 196 Å². The van der Waals surface area contributed by atoms with Gasteiger partial charge in [0, 0.05) is 11.8 Å². The Balaban J connectivity index is 1.30. The Morgan fingerprint density at radius 1 is 1.26 bits per heavy atom. The van der Waals surface area contributed by atoms with Crippen molar-refractivity contribution in [2.24, 2.45) is 13.0 Å². The second-order valence-corrected chi connectivity index (χ2v) is 8.76. The lowest BCUT2D eigenvalue weighted by Gasteiger charge is -2.17. The van der Waals surface area contributed by atoms with Gasteiger partial charge in [-0.3, -0.25) is 14.7 Å². The number of tetrazole rings is 1. The van der Waals surface area contributed by atoms with Crippen molar-refractivity contribution in [1.82, 2.24) is 25.2 Å². The quantitative estimate of drug-likeness (QED) is 0.492. The lowest BCUT2D eigenvalue weighted by molar-refractivity contribution is -0.150. The van der Waals surface area contributed by atoms with Gasteiger partial charge >= 0.3 is 12.1 Å². The van der Waals surface area contributed by atoms with Crippen molar-refractivity contribution in [3.63, 3.8) is 0 Å². The molecule has 4 heterocycles. The molecule has 0 radical (unpaired) electrons. The highest BCUT2D eigenvalue weighted by Gasteiger charge is 2.48. The van der Waals surface area contributed by atoms with Crippen LogP contribution in [0.25, 0.3) is 22.6 Å². The van der Waals surface area contributed by atoms with Crippen molar-refractivity contribution in [2.75, 3.05) is 11.5 Å². The van der Waals surface area contributed by atoms with Crippen LogP contribution in [0.2, 0.25) is 0 Å². The van der Waals surface area contributed by atoms with E-state index >= 15 is 0 Å². The molecule has 0 saturated carbocycles. The number of fused-ring (bicyclic) bond motifs is 3. The van der Waals surface area contributed by atoms with E-state index in [1.165, 1.54) is 4.80 Å². The number of carbonyl (C=O) groups is 2. The first-order valence-electron chi connectivity index (χ1n) is 11.4. The molecule has 1 amide bonds. The van der Waals surface area contributed by atoms with Crippen LogP contribution in [0.4, 0.5) is 10.5 Å². The molecule has 3 aromatic rings. The number of ether oxygens (including phenoxy) is 2. The molecule has 2 aliphatic heterocycles. The molecule has 0 aliphatic carbocycles. The van der Waals surface area contributed by atoms with E-state index in [0.29, 0.717) is 17.9 Å². The predicted octanol–water partition coefficient (Wildman–Crippen LogP) is 3.17. The number of pyridine rings is 1. The Hall–Kier alpha value is -3.82. The zero-order valence-electron chi connectivity index (χ0n) is 19.3. The summed E-state index contributed by atoms with van der Waals surface area (Å²) in [6.45, 7) is 3.96. The summed E-state index contributed by atoms with van der Waals surface area (Å²) in [6, 6.07) is 9.61. The summed E-state index contributed by atoms with van der Waals surface area (Å²) in [5, 5.41) is 12.0. The van der Waals surface area contributed by atoms with E-state index in [-0.39, 0.29) is 24.5 Å². The van der Waals surface area contributed by atoms with Gasteiger partial charge in [0.25, 0.3) is 0 Å². The zero-order valence-corrected chi connectivity index (χ0v) is 19.3. The molecule has 34 heavy (non-hydrogen) atoms. The first-order valence-corrected chi connectivity index (χ1v) is 11.4. The molecule has 10 nitrogen and oxygen atoms in total. The number of hydrogen-bond donors (Lipinski definition) is 0. The standard InChI is InChI=1S/C24H26N6O4/c1-4-5-14(2)23(31)33-13-21-20-11-17-10-15(7-9-19(17)30(20)24(32)34-21)16-6-8-18(25-12-16)22-26-28-29(3)27-22/h6-10,12,14,20-21H,4-5,11,13H2,1-3H3. The number of cyclic esters (lactones) is 1. The normalized spacial score (nSPS) is 19.5. The van der Waals surface area contributed by atoms with E-state index in [0.717, 1.165) is 35.2 Å². The fourth-order valence-corrected chi connectivity index (χ4v) is 4.54. The van der Waals surface area contributed by atoms with Gasteiger partial charge in [0.2, 0.25) is 5.82 Å². The van der Waals surface area contributed by atoms with Crippen LogP contribution in [-0.4, -0.2) is 56.0 Å². The minimum Gasteiger partial charge on any atom is -0.461 e.